The Morgan fingerprint density at radius 3 is 2.00 bits per heavy atom. The van der Waals surface area contributed by atoms with Gasteiger partial charge in [-0.05, 0) is 20.8 Å². The molecule has 1 nitrogen and oxygen atoms in total. The first-order valence-electron chi connectivity index (χ1n) is 4.51. The molecule has 1 fully saturated rings. The van der Waals surface area contributed by atoms with Gasteiger partial charge in [0, 0.05) is 34.6 Å². The van der Waals surface area contributed by atoms with Crippen LogP contribution in [0.15, 0.2) is 0 Å². The molecule has 12 heavy (non-hydrogen) atoms. The summed E-state index contributed by atoms with van der Waals surface area (Å²) < 4.78 is 0. The lowest BCUT2D eigenvalue weighted by Crippen LogP contribution is -2.46. The highest BCUT2D eigenvalue weighted by Gasteiger charge is 2.18. The van der Waals surface area contributed by atoms with Crippen molar-refractivity contribution >= 4 is 23.5 Å². The van der Waals surface area contributed by atoms with Gasteiger partial charge >= 0.3 is 0 Å². The van der Waals surface area contributed by atoms with Crippen molar-refractivity contribution in [3.63, 3.8) is 0 Å². The minimum atomic E-state index is 0.274. The molecule has 1 rings (SSSR count). The van der Waals surface area contributed by atoms with Crippen LogP contribution in [0.2, 0.25) is 0 Å². The molecular formula is C9H19NS2. The Labute approximate surface area is 84.4 Å². The zero-order valence-electron chi connectivity index (χ0n) is 8.22. The molecule has 0 atom stereocenters. The van der Waals surface area contributed by atoms with Crippen LogP contribution in [0.25, 0.3) is 0 Å². The van der Waals surface area contributed by atoms with E-state index in [0.29, 0.717) is 6.04 Å². The third-order valence-corrected chi connectivity index (χ3v) is 4.17. The first kappa shape index (κ1) is 10.7. The quantitative estimate of drug-likeness (QED) is 0.705. The molecule has 0 unspecified atom stereocenters. The van der Waals surface area contributed by atoms with E-state index in [1.165, 1.54) is 23.0 Å². The predicted molar refractivity (Wildman–Crippen MR) is 61.3 cm³/mol. The minimum Gasteiger partial charge on any atom is -0.308 e. The van der Waals surface area contributed by atoms with E-state index in [-0.39, 0.29) is 5.54 Å². The topological polar surface area (TPSA) is 12.0 Å². The van der Waals surface area contributed by atoms with Crippen LogP contribution < -0.4 is 5.32 Å². The minimum absolute atomic E-state index is 0.274. The summed E-state index contributed by atoms with van der Waals surface area (Å²) in [5.74, 6) is 5.22. The molecular weight excluding hydrogens is 186 g/mol. The van der Waals surface area contributed by atoms with Crippen LogP contribution in [0.1, 0.15) is 20.8 Å². The second kappa shape index (κ2) is 4.77. The number of hydrogen-bond donors (Lipinski definition) is 1. The van der Waals surface area contributed by atoms with Gasteiger partial charge in [0.25, 0.3) is 0 Å². The van der Waals surface area contributed by atoms with Gasteiger partial charge in [-0.25, -0.2) is 0 Å². The lowest BCUT2D eigenvalue weighted by atomic mass is 10.1. The highest BCUT2D eigenvalue weighted by atomic mass is 32.2. The molecule has 72 valence electrons. The number of hydrogen-bond acceptors (Lipinski definition) is 3. The molecule has 0 amide bonds. The largest absolute Gasteiger partial charge is 0.308 e. The first-order chi connectivity index (χ1) is 5.58. The van der Waals surface area contributed by atoms with Crippen molar-refractivity contribution in [2.24, 2.45) is 0 Å². The first-order valence-corrected chi connectivity index (χ1v) is 6.82. The van der Waals surface area contributed by atoms with Crippen molar-refractivity contribution in [2.75, 3.05) is 23.0 Å². The molecule has 3 heteroatoms. The van der Waals surface area contributed by atoms with E-state index in [9.17, 15) is 0 Å². The zero-order chi connectivity index (χ0) is 9.03. The Kier molecular flexibility index (Phi) is 4.27. The molecule has 0 spiro atoms. The van der Waals surface area contributed by atoms with Crippen LogP contribution in [0.5, 0.6) is 0 Å². The molecule has 0 bridgehead atoms. The van der Waals surface area contributed by atoms with E-state index in [1.54, 1.807) is 0 Å². The molecule has 1 N–H and O–H groups in total. The zero-order valence-corrected chi connectivity index (χ0v) is 9.86. The third kappa shape index (κ3) is 4.63. The van der Waals surface area contributed by atoms with Gasteiger partial charge in [-0.2, -0.15) is 23.5 Å². The maximum absolute atomic E-state index is 3.66. The molecule has 0 radical (unpaired) electrons. The number of rotatable bonds is 1. The molecule has 1 saturated heterocycles. The fourth-order valence-electron chi connectivity index (χ4n) is 1.31. The third-order valence-electron chi connectivity index (χ3n) is 1.65. The van der Waals surface area contributed by atoms with E-state index in [4.69, 9.17) is 0 Å². The summed E-state index contributed by atoms with van der Waals surface area (Å²) in [4.78, 5) is 0. The highest BCUT2D eigenvalue weighted by Crippen LogP contribution is 2.18. The lowest BCUT2D eigenvalue weighted by Gasteiger charge is -2.27. The van der Waals surface area contributed by atoms with Gasteiger partial charge in [0.2, 0.25) is 0 Å². The molecule has 0 aromatic carbocycles. The molecule has 1 aliphatic rings. The van der Waals surface area contributed by atoms with Crippen molar-refractivity contribution in [1.29, 1.82) is 0 Å². The maximum Gasteiger partial charge on any atom is 0.0253 e. The smallest absolute Gasteiger partial charge is 0.0253 e. The Hall–Kier alpha value is 0.660. The summed E-state index contributed by atoms with van der Waals surface area (Å²) in [5, 5.41) is 3.66. The average Bonchev–Trinajstić information content (AvgIpc) is 2.12. The Bertz CT molecular complexity index is 123. The van der Waals surface area contributed by atoms with Crippen molar-refractivity contribution in [1.82, 2.24) is 5.32 Å². The summed E-state index contributed by atoms with van der Waals surface area (Å²) in [6.07, 6.45) is 0. The SMILES string of the molecule is CC(C)(C)NC1CSCCSC1. The Morgan fingerprint density at radius 2 is 1.58 bits per heavy atom. The Morgan fingerprint density at radius 1 is 1.08 bits per heavy atom. The lowest BCUT2D eigenvalue weighted by molar-refractivity contribution is 0.392. The summed E-state index contributed by atoms with van der Waals surface area (Å²) >= 11 is 4.16. The molecule has 0 aromatic rings. The van der Waals surface area contributed by atoms with E-state index in [2.05, 4.69) is 49.6 Å². The van der Waals surface area contributed by atoms with Gasteiger partial charge in [0.1, 0.15) is 0 Å². The van der Waals surface area contributed by atoms with Gasteiger partial charge in [-0.15, -0.1) is 0 Å². The van der Waals surface area contributed by atoms with Crippen LogP contribution in [-0.4, -0.2) is 34.6 Å². The van der Waals surface area contributed by atoms with E-state index in [1.807, 2.05) is 0 Å². The van der Waals surface area contributed by atoms with Gasteiger partial charge in [0.05, 0.1) is 0 Å². The summed E-state index contributed by atoms with van der Waals surface area (Å²) in [7, 11) is 0. The molecule has 0 saturated carbocycles. The standard InChI is InChI=1S/C9H19NS2/c1-9(2,3)10-8-6-11-4-5-12-7-8/h8,10H,4-7H2,1-3H3. The van der Waals surface area contributed by atoms with Crippen molar-refractivity contribution in [2.45, 2.75) is 32.4 Å². The molecule has 0 aromatic heterocycles. The van der Waals surface area contributed by atoms with Crippen LogP contribution in [-0.2, 0) is 0 Å². The average molecular weight is 205 g/mol. The number of thioether (sulfide) groups is 2. The van der Waals surface area contributed by atoms with Gasteiger partial charge < -0.3 is 5.32 Å². The summed E-state index contributed by atoms with van der Waals surface area (Å²) in [5.41, 5.74) is 0.274. The van der Waals surface area contributed by atoms with E-state index in [0.717, 1.165) is 0 Å². The monoisotopic (exact) mass is 205 g/mol. The second-order valence-electron chi connectivity index (χ2n) is 4.24. The Balaban J connectivity index is 2.30. The fourth-order valence-corrected chi connectivity index (χ4v) is 3.71. The van der Waals surface area contributed by atoms with E-state index < -0.39 is 0 Å². The highest BCUT2D eigenvalue weighted by molar-refractivity contribution is 8.03. The number of nitrogens with one attached hydrogen (secondary N) is 1. The second-order valence-corrected chi connectivity index (χ2v) is 6.54. The van der Waals surface area contributed by atoms with Crippen LogP contribution >= 0.6 is 23.5 Å². The maximum atomic E-state index is 3.66. The van der Waals surface area contributed by atoms with Crippen molar-refractivity contribution in [3.8, 4) is 0 Å². The van der Waals surface area contributed by atoms with Gasteiger partial charge in [-0.3, -0.25) is 0 Å². The predicted octanol–water partition coefficient (Wildman–Crippen LogP) is 2.22. The fraction of sp³-hybridized carbons (Fsp3) is 1.00. The van der Waals surface area contributed by atoms with Crippen LogP contribution in [0, 0.1) is 0 Å². The van der Waals surface area contributed by atoms with E-state index >= 15 is 0 Å². The molecule has 1 aliphatic heterocycles. The van der Waals surface area contributed by atoms with Gasteiger partial charge in [-0.1, -0.05) is 0 Å². The normalized spacial score (nSPS) is 22.2. The van der Waals surface area contributed by atoms with Gasteiger partial charge in [0.15, 0.2) is 0 Å². The summed E-state index contributed by atoms with van der Waals surface area (Å²) in [6.45, 7) is 6.73. The van der Waals surface area contributed by atoms with Crippen molar-refractivity contribution in [3.05, 3.63) is 0 Å². The summed E-state index contributed by atoms with van der Waals surface area (Å²) in [6, 6.07) is 0.711. The molecule has 1 heterocycles. The van der Waals surface area contributed by atoms with Crippen LogP contribution in [0.4, 0.5) is 0 Å². The van der Waals surface area contributed by atoms with Crippen LogP contribution in [0.3, 0.4) is 0 Å². The molecule has 0 aliphatic carbocycles. The van der Waals surface area contributed by atoms with Crippen molar-refractivity contribution < 1.29 is 0 Å².